The van der Waals surface area contributed by atoms with Crippen LogP contribution < -0.4 is 5.79 Å². The van der Waals surface area contributed by atoms with E-state index in [1.807, 2.05) is 22.7 Å². The van der Waals surface area contributed by atoms with Crippen molar-refractivity contribution in [2.75, 3.05) is 0 Å². The zero-order valence-electron chi connectivity index (χ0n) is 15.3. The van der Waals surface area contributed by atoms with Gasteiger partial charge in [0.25, 0.3) is 0 Å². The summed E-state index contributed by atoms with van der Waals surface area (Å²) in [4.78, 5) is 15.1. The van der Waals surface area contributed by atoms with E-state index < -0.39 is 36.8 Å². The molecule has 2 heterocycles. The molecule has 0 aliphatic rings. The Kier molecular flexibility index (Phi) is 4.30. The Labute approximate surface area is 160 Å². The number of hydrogen-bond donors (Lipinski definition) is 0. The van der Waals surface area contributed by atoms with Crippen LogP contribution in [0.2, 0.25) is 29.6 Å². The first-order valence-electron chi connectivity index (χ1n) is 8.54. The third-order valence-electron chi connectivity index (χ3n) is 4.67. The molecule has 0 spiro atoms. The molecule has 0 amide bonds. The average Bonchev–Trinajstić information content (AvgIpc) is 3.09. The molecule has 0 fully saturated rings. The Morgan fingerprint density at radius 1 is 0.542 bits per heavy atom. The van der Waals surface area contributed by atoms with Gasteiger partial charge in [-0.15, -0.1) is 0 Å². The number of thiophene rings is 2. The van der Waals surface area contributed by atoms with Crippen molar-refractivity contribution in [1.29, 1.82) is 0 Å². The summed E-state index contributed by atoms with van der Waals surface area (Å²) < 4.78 is 6.30. The van der Waals surface area contributed by atoms with Crippen molar-refractivity contribution in [3.05, 3.63) is 36.4 Å². The third-order valence-corrected chi connectivity index (χ3v) is 25.7. The van der Waals surface area contributed by atoms with Crippen LogP contribution in [0.3, 0.4) is 0 Å². The number of rotatable bonds is 2. The summed E-state index contributed by atoms with van der Waals surface area (Å²) in [5.74, 6) is 0. The molecule has 0 saturated heterocycles. The molecule has 4 heteroatoms. The molecular weight excluding hydrogens is 542 g/mol. The van der Waals surface area contributed by atoms with Crippen LogP contribution in [0.15, 0.2) is 36.4 Å². The van der Waals surface area contributed by atoms with Crippen LogP contribution in [0.25, 0.3) is 30.9 Å². The summed E-state index contributed by atoms with van der Waals surface area (Å²) >= 11 is 0.0789. The molecule has 0 N–H and O–H groups in total. The van der Waals surface area contributed by atoms with Crippen LogP contribution in [-0.4, -0.2) is 36.8 Å². The second-order valence-electron chi connectivity index (χ2n) is 8.77. The second kappa shape index (κ2) is 5.86. The standard InChI is InChI=1S/C14H6S2.6CH3.2Sn/c1-3-13-12(6-8-15-13)10-2-4-14-11(9(1)10)5-7-16-14;;;;;;;;/h1-6H;6*1H3;;. The molecule has 0 saturated carbocycles. The van der Waals surface area contributed by atoms with E-state index in [0.29, 0.717) is 0 Å². The summed E-state index contributed by atoms with van der Waals surface area (Å²) in [6.45, 7) is 0. The Morgan fingerprint density at radius 2 is 0.917 bits per heavy atom. The number of hydrogen-bond acceptors (Lipinski definition) is 2. The van der Waals surface area contributed by atoms with Crippen LogP contribution in [0.1, 0.15) is 0 Å². The first kappa shape index (κ1) is 17.6. The molecule has 2 aromatic carbocycles. The maximum absolute atomic E-state index is 2.52. The van der Waals surface area contributed by atoms with E-state index in [9.17, 15) is 0 Å². The zero-order valence-corrected chi connectivity index (χ0v) is 22.6. The topological polar surface area (TPSA) is 0 Å². The summed E-state index contributed by atoms with van der Waals surface area (Å²) in [5, 5.41) is 5.86. The fraction of sp³-hybridized carbons (Fsp3) is 0.300. The molecular formula is C20H24S2Sn2. The maximum atomic E-state index is 2.52. The molecule has 0 unspecified atom stereocenters. The van der Waals surface area contributed by atoms with Crippen molar-refractivity contribution in [2.24, 2.45) is 0 Å². The molecule has 0 aliphatic carbocycles. The quantitative estimate of drug-likeness (QED) is 0.248. The van der Waals surface area contributed by atoms with Crippen molar-refractivity contribution < 1.29 is 0 Å². The Morgan fingerprint density at radius 3 is 1.25 bits per heavy atom. The molecule has 0 atom stereocenters. The van der Waals surface area contributed by atoms with Crippen molar-refractivity contribution in [3.8, 4) is 0 Å². The SMILES string of the molecule is [CH3][Sn]([CH3])([CH3])[c]1cc2c(ccc3c4c[c]([Sn]([CH3])([CH3])[CH3])sc4ccc23)s1. The predicted molar refractivity (Wildman–Crippen MR) is 121 cm³/mol. The Balaban J connectivity index is 2.05. The normalized spacial score (nSPS) is 13.4. The van der Waals surface area contributed by atoms with E-state index in [4.69, 9.17) is 0 Å². The van der Waals surface area contributed by atoms with E-state index in [-0.39, 0.29) is 0 Å². The predicted octanol–water partition coefficient (Wildman–Crippen LogP) is 6.36. The Hall–Kier alpha value is 0.217. The van der Waals surface area contributed by atoms with Gasteiger partial charge in [-0.25, -0.2) is 0 Å². The Bertz CT molecular complexity index is 985. The average molecular weight is 566 g/mol. The van der Waals surface area contributed by atoms with E-state index in [0.717, 1.165) is 0 Å². The van der Waals surface area contributed by atoms with Crippen molar-refractivity contribution in [1.82, 2.24) is 0 Å². The molecule has 4 rings (SSSR count). The van der Waals surface area contributed by atoms with Crippen molar-refractivity contribution in [2.45, 2.75) is 29.6 Å². The molecule has 24 heavy (non-hydrogen) atoms. The van der Waals surface area contributed by atoms with Gasteiger partial charge in [-0.1, -0.05) is 0 Å². The molecule has 0 aliphatic heterocycles. The first-order chi connectivity index (χ1) is 11.1. The minimum absolute atomic E-state index is 1.45. The van der Waals surface area contributed by atoms with Crippen LogP contribution >= 0.6 is 22.7 Å². The van der Waals surface area contributed by atoms with Gasteiger partial charge in [-0.2, -0.15) is 0 Å². The zero-order chi connectivity index (χ0) is 17.3. The third kappa shape index (κ3) is 2.95. The molecule has 0 bridgehead atoms. The van der Waals surface area contributed by atoms with Crippen LogP contribution in [0.4, 0.5) is 0 Å². The minimum atomic E-state index is -2.00. The molecule has 2 aromatic heterocycles. The van der Waals surface area contributed by atoms with Crippen LogP contribution in [0, 0.1) is 0 Å². The van der Waals surface area contributed by atoms with Gasteiger partial charge in [0.2, 0.25) is 0 Å². The van der Waals surface area contributed by atoms with Crippen LogP contribution in [0.5, 0.6) is 0 Å². The monoisotopic (exact) mass is 568 g/mol. The molecule has 0 radical (unpaired) electrons. The summed E-state index contributed by atoms with van der Waals surface area (Å²) in [7, 11) is 0. The fourth-order valence-corrected chi connectivity index (χ4v) is 15.9. The number of benzene rings is 2. The van der Waals surface area contributed by atoms with Gasteiger partial charge in [0.15, 0.2) is 0 Å². The van der Waals surface area contributed by atoms with E-state index >= 15 is 0 Å². The van der Waals surface area contributed by atoms with Gasteiger partial charge in [-0.05, 0) is 0 Å². The number of fused-ring (bicyclic) bond motifs is 5. The van der Waals surface area contributed by atoms with Gasteiger partial charge < -0.3 is 0 Å². The molecule has 4 aromatic rings. The van der Waals surface area contributed by atoms with E-state index in [1.54, 1.807) is 5.79 Å². The molecule has 0 nitrogen and oxygen atoms in total. The fourth-order valence-electron chi connectivity index (χ4n) is 3.19. The summed E-state index contributed by atoms with van der Waals surface area (Å²) in [5.41, 5.74) is 0. The summed E-state index contributed by atoms with van der Waals surface area (Å²) in [6.07, 6.45) is 0. The summed E-state index contributed by atoms with van der Waals surface area (Å²) in [6, 6.07) is 14.5. The van der Waals surface area contributed by atoms with Crippen molar-refractivity contribution >= 4 is 96.2 Å². The van der Waals surface area contributed by atoms with Gasteiger partial charge in [0.1, 0.15) is 0 Å². The van der Waals surface area contributed by atoms with Gasteiger partial charge in [0, 0.05) is 0 Å². The van der Waals surface area contributed by atoms with Gasteiger partial charge >= 0.3 is 162 Å². The van der Waals surface area contributed by atoms with Crippen LogP contribution in [-0.2, 0) is 0 Å². The van der Waals surface area contributed by atoms with E-state index in [2.05, 4.69) is 66.0 Å². The van der Waals surface area contributed by atoms with Crippen molar-refractivity contribution in [3.63, 3.8) is 0 Å². The second-order valence-corrected chi connectivity index (χ2v) is 41.8. The van der Waals surface area contributed by atoms with E-state index in [1.165, 1.54) is 30.9 Å². The molecule has 124 valence electrons. The first-order valence-corrected chi connectivity index (χ1v) is 30.2. The van der Waals surface area contributed by atoms with Gasteiger partial charge in [0.05, 0.1) is 0 Å². The van der Waals surface area contributed by atoms with Gasteiger partial charge in [-0.3, -0.25) is 0 Å².